The predicted molar refractivity (Wildman–Crippen MR) is 208 cm³/mol. The fourth-order valence-electron chi connectivity index (χ4n) is 8.14. The molecule has 2 bridgehead atoms. The Labute approximate surface area is 319 Å². The summed E-state index contributed by atoms with van der Waals surface area (Å²) >= 11 is -2.91. The normalized spacial score (nSPS) is 15.0. The van der Waals surface area contributed by atoms with Gasteiger partial charge in [0, 0.05) is 12.1 Å². The molecule has 0 aliphatic carbocycles. The molecule has 54 heavy (non-hydrogen) atoms. The Balaban J connectivity index is 1.48. The van der Waals surface area contributed by atoms with Gasteiger partial charge in [0.1, 0.15) is 5.82 Å². The molecule has 3 heterocycles. The summed E-state index contributed by atoms with van der Waals surface area (Å²) in [5, 5.41) is 2.45. The van der Waals surface area contributed by atoms with Crippen LogP contribution in [0.25, 0.3) is 0 Å². The molecular formula is C43H50F3N3O4Sn. The van der Waals surface area contributed by atoms with Crippen molar-refractivity contribution in [2.75, 3.05) is 13.1 Å². The number of hydrogen-bond donors (Lipinski definition) is 1. The second kappa shape index (κ2) is 17.6. The van der Waals surface area contributed by atoms with E-state index in [0.29, 0.717) is 31.6 Å². The molecular weight excluding hydrogens is 798 g/mol. The predicted octanol–water partition coefficient (Wildman–Crippen LogP) is 8.43. The molecule has 0 radical (unpaired) electrons. The number of hydrogen-bond acceptors (Lipinski definition) is 4. The maximum atomic E-state index is 14.5. The SMILES string of the molecule is CCC[CH2][Sn]([CH2]CCC)([CH2]CCC)[c]1ccc2c(c1)C1CN(CC2)C(=O)c2c(OCc3ccccc3)c(=O)c(C(=O)NCc3c(F)cc(F)cc3F)cn21. The van der Waals surface area contributed by atoms with E-state index >= 15 is 0 Å². The number of rotatable bonds is 16. The van der Waals surface area contributed by atoms with Gasteiger partial charge in [0.25, 0.3) is 0 Å². The Kier molecular flexibility index (Phi) is 12.9. The molecule has 0 fully saturated rings. The zero-order valence-electron chi connectivity index (χ0n) is 31.5. The summed E-state index contributed by atoms with van der Waals surface area (Å²) < 4.78 is 55.9. The minimum atomic E-state index is -2.91. The Hall–Kier alpha value is -4.06. The Morgan fingerprint density at radius 3 is 2.17 bits per heavy atom. The van der Waals surface area contributed by atoms with Gasteiger partial charge >= 0.3 is 284 Å². The summed E-state index contributed by atoms with van der Waals surface area (Å²) in [4.78, 5) is 44.1. The molecule has 286 valence electrons. The summed E-state index contributed by atoms with van der Waals surface area (Å²) in [5.41, 5.74) is 1.40. The van der Waals surface area contributed by atoms with E-state index in [1.807, 2.05) is 30.3 Å². The molecule has 11 heteroatoms. The number of carbonyl (C=O) groups excluding carboxylic acids is 2. The molecule has 1 atom stereocenters. The molecule has 0 saturated carbocycles. The van der Waals surface area contributed by atoms with Crippen LogP contribution >= 0.6 is 0 Å². The van der Waals surface area contributed by atoms with Crippen LogP contribution in [0.15, 0.2) is 71.7 Å². The molecule has 1 unspecified atom stereocenters. The summed E-state index contributed by atoms with van der Waals surface area (Å²) in [6, 6.07) is 16.9. The first-order valence-electron chi connectivity index (χ1n) is 19.4. The van der Waals surface area contributed by atoms with Gasteiger partial charge in [-0.25, -0.2) is 13.2 Å². The molecule has 0 saturated heterocycles. The summed E-state index contributed by atoms with van der Waals surface area (Å²) in [6.07, 6.45) is 9.15. The van der Waals surface area contributed by atoms with E-state index in [-0.39, 0.29) is 29.5 Å². The Morgan fingerprint density at radius 1 is 0.889 bits per heavy atom. The van der Waals surface area contributed by atoms with Crippen molar-refractivity contribution in [3.8, 4) is 5.75 Å². The number of aromatic nitrogens is 1. The van der Waals surface area contributed by atoms with E-state index in [9.17, 15) is 27.6 Å². The van der Waals surface area contributed by atoms with Gasteiger partial charge in [0.2, 0.25) is 0 Å². The fourth-order valence-corrected chi connectivity index (χ4v) is 24.1. The molecule has 4 aromatic rings. The van der Waals surface area contributed by atoms with Crippen LogP contribution in [0.2, 0.25) is 13.3 Å². The standard InChI is InChI=1S/C31H23F3N3O4.3C4H9.Sn/c32-20-12-24(33)22(25(34)13-20)14-35-30(39)23-15-37-26-16-36(11-10-19-8-4-5-9-21(19)26)31(40)27(37)29(28(23)38)41-17-18-6-2-1-3-7-18;3*1-3-4-2;/h1-4,6-9,12-13,15,26H,10-11,14,16-17H2,(H,35,39);3*1,3-4H2,2H3;. The first-order valence-corrected chi connectivity index (χ1v) is 26.9. The molecule has 1 aromatic heterocycles. The van der Waals surface area contributed by atoms with Crippen LogP contribution in [0.3, 0.4) is 0 Å². The van der Waals surface area contributed by atoms with Crippen molar-refractivity contribution in [1.82, 2.24) is 14.8 Å². The van der Waals surface area contributed by atoms with Crippen molar-refractivity contribution in [3.05, 3.63) is 128 Å². The van der Waals surface area contributed by atoms with E-state index in [0.717, 1.165) is 36.0 Å². The van der Waals surface area contributed by atoms with Crippen LogP contribution in [0.1, 0.15) is 108 Å². The van der Waals surface area contributed by atoms with Gasteiger partial charge in [-0.3, -0.25) is 0 Å². The zero-order chi connectivity index (χ0) is 38.4. The monoisotopic (exact) mass is 849 g/mol. The van der Waals surface area contributed by atoms with Crippen LogP contribution in [0.5, 0.6) is 5.75 Å². The van der Waals surface area contributed by atoms with E-state index in [4.69, 9.17) is 4.74 Å². The molecule has 0 spiro atoms. The van der Waals surface area contributed by atoms with Crippen LogP contribution in [-0.4, -0.2) is 52.7 Å². The van der Waals surface area contributed by atoms with Crippen molar-refractivity contribution in [2.24, 2.45) is 0 Å². The number of carbonyl (C=O) groups is 2. The molecule has 3 aromatic carbocycles. The first kappa shape index (κ1) is 39.6. The Morgan fingerprint density at radius 2 is 1.54 bits per heavy atom. The molecule has 2 aliphatic heterocycles. The number of fused-ring (bicyclic) bond motifs is 6. The quantitative estimate of drug-likeness (QED) is 0.115. The van der Waals surface area contributed by atoms with Crippen LogP contribution in [0, 0.1) is 17.5 Å². The van der Waals surface area contributed by atoms with Crippen LogP contribution in [0.4, 0.5) is 13.2 Å². The molecule has 1 N–H and O–H groups in total. The third-order valence-electron chi connectivity index (χ3n) is 11.2. The van der Waals surface area contributed by atoms with Crippen molar-refractivity contribution in [1.29, 1.82) is 0 Å². The number of nitrogens with one attached hydrogen (secondary N) is 1. The van der Waals surface area contributed by atoms with Crippen molar-refractivity contribution < 1.29 is 27.5 Å². The minimum absolute atomic E-state index is 0.0257. The number of pyridine rings is 1. The zero-order valence-corrected chi connectivity index (χ0v) is 34.3. The average Bonchev–Trinajstić information content (AvgIpc) is 3.34. The summed E-state index contributed by atoms with van der Waals surface area (Å²) in [5.74, 6) is -4.89. The van der Waals surface area contributed by atoms with E-state index in [1.165, 1.54) is 42.3 Å². The third-order valence-corrected chi connectivity index (χ3v) is 26.8. The van der Waals surface area contributed by atoms with Gasteiger partial charge in [-0.1, -0.05) is 6.07 Å². The number of benzene rings is 3. The van der Waals surface area contributed by atoms with Gasteiger partial charge in [0.05, 0.1) is 0 Å². The second-order valence-electron chi connectivity index (χ2n) is 14.8. The van der Waals surface area contributed by atoms with Gasteiger partial charge in [0.15, 0.2) is 0 Å². The molecule has 2 aliphatic rings. The maximum absolute atomic E-state index is 14.5. The van der Waals surface area contributed by atoms with Gasteiger partial charge in [-0.15, -0.1) is 0 Å². The molecule has 2 amide bonds. The van der Waals surface area contributed by atoms with Crippen molar-refractivity contribution in [2.45, 2.75) is 98.2 Å². The van der Waals surface area contributed by atoms with Gasteiger partial charge in [-0.05, 0) is 0 Å². The topological polar surface area (TPSA) is 80.6 Å². The Bertz CT molecular complexity index is 2010. The van der Waals surface area contributed by atoms with Crippen molar-refractivity contribution >= 4 is 33.8 Å². The number of amides is 2. The van der Waals surface area contributed by atoms with Crippen LogP contribution < -0.4 is 19.1 Å². The molecule has 6 rings (SSSR count). The van der Waals surface area contributed by atoms with Crippen molar-refractivity contribution in [3.63, 3.8) is 0 Å². The number of unbranched alkanes of at least 4 members (excludes halogenated alkanes) is 3. The third kappa shape index (κ3) is 8.28. The van der Waals surface area contributed by atoms with E-state index < -0.39 is 65.3 Å². The number of ether oxygens (including phenoxy) is 1. The van der Waals surface area contributed by atoms with E-state index in [1.54, 1.807) is 9.47 Å². The summed E-state index contributed by atoms with van der Waals surface area (Å²) in [7, 11) is 0. The van der Waals surface area contributed by atoms with Gasteiger partial charge in [-0.2, -0.15) is 0 Å². The van der Waals surface area contributed by atoms with Gasteiger partial charge < -0.3 is 0 Å². The van der Waals surface area contributed by atoms with Crippen LogP contribution in [-0.2, 0) is 19.6 Å². The number of halogens is 3. The average molecular weight is 849 g/mol. The number of nitrogens with zero attached hydrogens (tertiary/aromatic N) is 2. The second-order valence-corrected chi connectivity index (χ2v) is 28.0. The molecule has 7 nitrogen and oxygen atoms in total. The summed E-state index contributed by atoms with van der Waals surface area (Å²) in [6.45, 7) is 6.97. The first-order chi connectivity index (χ1) is 26.1. The fraction of sp³-hybridized carbons (Fsp3) is 0.419. The van der Waals surface area contributed by atoms with E-state index in [2.05, 4.69) is 44.3 Å².